The van der Waals surface area contributed by atoms with Crippen LogP contribution >= 0.6 is 15.9 Å². The number of hydrogen-bond donors (Lipinski definition) is 1. The minimum Gasteiger partial charge on any atom is -0.465 e. The van der Waals surface area contributed by atoms with Gasteiger partial charge in [-0.25, -0.2) is 4.79 Å². The molecule has 0 spiro atoms. The zero-order valence-electron chi connectivity index (χ0n) is 8.70. The molecule has 82 valence electrons. The lowest BCUT2D eigenvalue weighted by molar-refractivity contribution is 0.145. The second kappa shape index (κ2) is 5.11. The highest BCUT2D eigenvalue weighted by molar-refractivity contribution is 9.10. The van der Waals surface area contributed by atoms with E-state index in [0.717, 1.165) is 15.6 Å². The van der Waals surface area contributed by atoms with Gasteiger partial charge in [0, 0.05) is 23.4 Å². The second-order valence-electron chi connectivity index (χ2n) is 3.20. The Morgan fingerprint density at radius 2 is 2.27 bits per heavy atom. The summed E-state index contributed by atoms with van der Waals surface area (Å²) in [5.74, 6) is 0. The van der Waals surface area contributed by atoms with Crippen molar-refractivity contribution >= 4 is 22.0 Å². The standard InChI is InChI=1S/C10H13BrN2O2/c1-3-13(10(14)15)6-8-4-12-5-9(11)7(8)2/h4-5H,3,6H2,1-2H3,(H,14,15). The number of rotatable bonds is 3. The lowest BCUT2D eigenvalue weighted by atomic mass is 10.1. The molecule has 0 aliphatic rings. The Morgan fingerprint density at radius 3 is 2.80 bits per heavy atom. The summed E-state index contributed by atoms with van der Waals surface area (Å²) in [5.41, 5.74) is 1.96. The molecule has 0 aromatic carbocycles. The highest BCUT2D eigenvalue weighted by Gasteiger charge is 2.12. The average molecular weight is 273 g/mol. The summed E-state index contributed by atoms with van der Waals surface area (Å²) in [6, 6.07) is 0. The topological polar surface area (TPSA) is 53.4 Å². The van der Waals surface area contributed by atoms with Crippen LogP contribution in [0.1, 0.15) is 18.1 Å². The van der Waals surface area contributed by atoms with Gasteiger partial charge >= 0.3 is 6.09 Å². The maximum atomic E-state index is 10.8. The van der Waals surface area contributed by atoms with Gasteiger partial charge in [-0.15, -0.1) is 0 Å². The van der Waals surface area contributed by atoms with Crippen molar-refractivity contribution in [1.82, 2.24) is 9.88 Å². The molecule has 4 nitrogen and oxygen atoms in total. The van der Waals surface area contributed by atoms with E-state index in [9.17, 15) is 4.79 Å². The van der Waals surface area contributed by atoms with Crippen molar-refractivity contribution < 1.29 is 9.90 Å². The Hall–Kier alpha value is -1.10. The predicted octanol–water partition coefficient (Wildman–Crippen LogP) is 2.65. The Bertz CT molecular complexity index is 368. The quantitative estimate of drug-likeness (QED) is 0.921. The number of aromatic nitrogens is 1. The van der Waals surface area contributed by atoms with E-state index in [1.165, 1.54) is 4.90 Å². The van der Waals surface area contributed by atoms with Gasteiger partial charge in [0.1, 0.15) is 0 Å². The van der Waals surface area contributed by atoms with Gasteiger partial charge in [0.05, 0.1) is 6.54 Å². The number of halogens is 1. The van der Waals surface area contributed by atoms with E-state index in [-0.39, 0.29) is 0 Å². The molecule has 0 unspecified atom stereocenters. The van der Waals surface area contributed by atoms with Crippen molar-refractivity contribution in [2.75, 3.05) is 6.54 Å². The smallest absolute Gasteiger partial charge is 0.407 e. The molecule has 1 N–H and O–H groups in total. The molecule has 1 heterocycles. The van der Waals surface area contributed by atoms with Gasteiger partial charge < -0.3 is 10.0 Å². The maximum absolute atomic E-state index is 10.8. The number of carboxylic acid groups (broad SMARTS) is 1. The summed E-state index contributed by atoms with van der Waals surface area (Å²) in [5, 5.41) is 8.89. The van der Waals surface area contributed by atoms with Gasteiger partial charge in [0.2, 0.25) is 0 Å². The minimum atomic E-state index is -0.906. The second-order valence-corrected chi connectivity index (χ2v) is 4.06. The van der Waals surface area contributed by atoms with Gasteiger partial charge in [-0.2, -0.15) is 0 Å². The van der Waals surface area contributed by atoms with Gasteiger partial charge in [0.25, 0.3) is 0 Å². The molecule has 0 radical (unpaired) electrons. The minimum absolute atomic E-state index is 0.379. The number of pyridine rings is 1. The third-order valence-corrected chi connectivity index (χ3v) is 3.07. The van der Waals surface area contributed by atoms with Crippen molar-refractivity contribution in [3.8, 4) is 0 Å². The highest BCUT2D eigenvalue weighted by Crippen LogP contribution is 2.19. The van der Waals surface area contributed by atoms with E-state index >= 15 is 0 Å². The summed E-state index contributed by atoms with van der Waals surface area (Å²) in [6.07, 6.45) is 2.50. The Kier molecular flexibility index (Phi) is 4.08. The van der Waals surface area contributed by atoms with Crippen LogP contribution < -0.4 is 0 Å². The molecule has 5 heteroatoms. The maximum Gasteiger partial charge on any atom is 0.407 e. The number of hydrogen-bond acceptors (Lipinski definition) is 2. The summed E-state index contributed by atoms with van der Waals surface area (Å²) in [7, 11) is 0. The van der Waals surface area contributed by atoms with Gasteiger partial charge in [-0.3, -0.25) is 4.98 Å². The summed E-state index contributed by atoms with van der Waals surface area (Å²) < 4.78 is 0.904. The van der Waals surface area contributed by atoms with Crippen LogP contribution in [0.3, 0.4) is 0 Å². The van der Waals surface area contributed by atoms with Crippen molar-refractivity contribution in [3.05, 3.63) is 28.0 Å². The summed E-state index contributed by atoms with van der Waals surface area (Å²) in [4.78, 5) is 16.2. The van der Waals surface area contributed by atoms with Gasteiger partial charge in [0.15, 0.2) is 0 Å². The molecule has 0 saturated heterocycles. The first-order chi connectivity index (χ1) is 7.06. The van der Waals surface area contributed by atoms with Crippen molar-refractivity contribution in [1.29, 1.82) is 0 Å². The van der Waals surface area contributed by atoms with E-state index in [4.69, 9.17) is 5.11 Å². The van der Waals surface area contributed by atoms with E-state index in [1.807, 2.05) is 13.8 Å². The van der Waals surface area contributed by atoms with Gasteiger partial charge in [-0.1, -0.05) is 0 Å². The molecule has 0 fully saturated rings. The first-order valence-electron chi connectivity index (χ1n) is 4.63. The van der Waals surface area contributed by atoms with E-state index < -0.39 is 6.09 Å². The lowest BCUT2D eigenvalue weighted by Crippen LogP contribution is -2.28. The monoisotopic (exact) mass is 272 g/mol. The third-order valence-electron chi connectivity index (χ3n) is 2.27. The fraction of sp³-hybridized carbons (Fsp3) is 0.400. The van der Waals surface area contributed by atoms with Crippen LogP contribution in [0.4, 0.5) is 4.79 Å². The third kappa shape index (κ3) is 2.92. The molecule has 0 bridgehead atoms. The first kappa shape index (κ1) is 12.0. The number of nitrogens with zero attached hydrogens (tertiary/aromatic N) is 2. The van der Waals surface area contributed by atoms with Crippen LogP contribution in [-0.2, 0) is 6.54 Å². The van der Waals surface area contributed by atoms with Crippen molar-refractivity contribution in [2.24, 2.45) is 0 Å². The average Bonchev–Trinajstić information content (AvgIpc) is 2.19. The molecule has 0 aliphatic heterocycles. The summed E-state index contributed by atoms with van der Waals surface area (Å²) in [6.45, 7) is 4.61. The highest BCUT2D eigenvalue weighted by atomic mass is 79.9. The molecule has 1 rings (SSSR count). The van der Waals surface area contributed by atoms with Gasteiger partial charge in [-0.05, 0) is 40.9 Å². The van der Waals surface area contributed by atoms with Crippen LogP contribution in [0.2, 0.25) is 0 Å². The van der Waals surface area contributed by atoms with Crippen molar-refractivity contribution in [3.63, 3.8) is 0 Å². The number of carbonyl (C=O) groups is 1. The largest absolute Gasteiger partial charge is 0.465 e. The van der Waals surface area contributed by atoms with E-state index in [0.29, 0.717) is 13.1 Å². The molecule has 0 aliphatic carbocycles. The predicted molar refractivity (Wildman–Crippen MR) is 60.8 cm³/mol. The zero-order valence-corrected chi connectivity index (χ0v) is 10.3. The number of amides is 1. The fourth-order valence-electron chi connectivity index (χ4n) is 1.22. The molecule has 1 amide bonds. The Balaban J connectivity index is 2.88. The lowest BCUT2D eigenvalue weighted by Gasteiger charge is -2.18. The Labute approximate surface area is 97.1 Å². The molecule has 1 aromatic rings. The van der Waals surface area contributed by atoms with Crippen LogP contribution in [0, 0.1) is 6.92 Å². The normalized spacial score (nSPS) is 10.1. The van der Waals surface area contributed by atoms with Crippen LogP contribution in [0.25, 0.3) is 0 Å². The molecule has 15 heavy (non-hydrogen) atoms. The fourth-order valence-corrected chi connectivity index (χ4v) is 1.59. The molecule has 1 aromatic heterocycles. The molecular weight excluding hydrogens is 260 g/mol. The zero-order chi connectivity index (χ0) is 11.4. The molecular formula is C10H13BrN2O2. The SMILES string of the molecule is CCN(Cc1cncc(Br)c1C)C(=O)O. The molecule has 0 atom stereocenters. The van der Waals surface area contributed by atoms with E-state index in [2.05, 4.69) is 20.9 Å². The van der Waals surface area contributed by atoms with Crippen LogP contribution in [-0.4, -0.2) is 27.6 Å². The van der Waals surface area contributed by atoms with Crippen LogP contribution in [0.5, 0.6) is 0 Å². The van der Waals surface area contributed by atoms with E-state index in [1.54, 1.807) is 12.4 Å². The van der Waals surface area contributed by atoms with Crippen molar-refractivity contribution in [2.45, 2.75) is 20.4 Å². The summed E-state index contributed by atoms with van der Waals surface area (Å²) >= 11 is 3.37. The Morgan fingerprint density at radius 1 is 1.60 bits per heavy atom. The van der Waals surface area contributed by atoms with Crippen LogP contribution in [0.15, 0.2) is 16.9 Å². The molecule has 0 saturated carbocycles. The first-order valence-corrected chi connectivity index (χ1v) is 5.42.